The van der Waals surface area contributed by atoms with E-state index in [9.17, 15) is 0 Å². The fourth-order valence-corrected chi connectivity index (χ4v) is 2.24. The van der Waals surface area contributed by atoms with Crippen molar-refractivity contribution < 1.29 is 0 Å². The van der Waals surface area contributed by atoms with Crippen molar-refractivity contribution >= 4 is 6.08 Å². The van der Waals surface area contributed by atoms with E-state index < -0.39 is 0 Å². The van der Waals surface area contributed by atoms with Crippen LogP contribution >= 0.6 is 0 Å². The lowest BCUT2D eigenvalue weighted by Crippen LogP contribution is -1.88. The Hall–Kier alpha value is -1.52. The molecule has 0 N–H and O–H groups in total. The maximum atomic E-state index is 3.55. The van der Waals surface area contributed by atoms with Gasteiger partial charge in [-0.2, -0.15) is 0 Å². The second-order valence-electron chi connectivity index (χ2n) is 5.27. The van der Waals surface area contributed by atoms with Crippen LogP contribution in [0.5, 0.6) is 0 Å². The molecule has 0 atom stereocenters. The van der Waals surface area contributed by atoms with E-state index >= 15 is 0 Å². The molecule has 0 aliphatic carbocycles. The minimum absolute atomic E-state index is 1.10. The van der Waals surface area contributed by atoms with Gasteiger partial charge in [0, 0.05) is 0 Å². The van der Waals surface area contributed by atoms with Crippen LogP contribution in [0, 0.1) is 6.92 Å². The third-order valence-corrected chi connectivity index (χ3v) is 3.49. The van der Waals surface area contributed by atoms with Crippen LogP contribution in [0.2, 0.25) is 0 Å². The Morgan fingerprint density at radius 2 is 1.80 bits per heavy atom. The molecule has 0 aliphatic heterocycles. The summed E-state index contributed by atoms with van der Waals surface area (Å²) in [6, 6.07) is 8.63. The van der Waals surface area contributed by atoms with Gasteiger partial charge in [-0.1, -0.05) is 63.1 Å². The molecule has 0 aromatic heterocycles. The van der Waals surface area contributed by atoms with Crippen molar-refractivity contribution in [2.24, 2.45) is 0 Å². The number of rotatable bonds is 7. The van der Waals surface area contributed by atoms with Gasteiger partial charge in [0.25, 0.3) is 0 Å². The Kier molecular flexibility index (Phi) is 7.77. The summed E-state index contributed by atoms with van der Waals surface area (Å²) >= 11 is 0. The highest BCUT2D eigenvalue weighted by atomic mass is 14.1. The molecule has 20 heavy (non-hydrogen) atoms. The average Bonchev–Trinajstić information content (AvgIpc) is 2.47. The van der Waals surface area contributed by atoms with Gasteiger partial charge in [-0.25, -0.2) is 0 Å². The van der Waals surface area contributed by atoms with E-state index in [1.165, 1.54) is 35.1 Å². The van der Waals surface area contributed by atoms with E-state index in [1.54, 1.807) is 0 Å². The van der Waals surface area contributed by atoms with Crippen molar-refractivity contribution in [2.75, 3.05) is 0 Å². The highest BCUT2D eigenvalue weighted by Gasteiger charge is 2.01. The van der Waals surface area contributed by atoms with Crippen LogP contribution in [0.25, 0.3) is 6.08 Å². The Morgan fingerprint density at radius 1 is 1.10 bits per heavy atom. The van der Waals surface area contributed by atoms with Crippen molar-refractivity contribution in [3.8, 4) is 0 Å². The molecule has 108 valence electrons. The first-order valence-electron chi connectivity index (χ1n) is 7.92. The van der Waals surface area contributed by atoms with Crippen molar-refractivity contribution in [1.82, 2.24) is 0 Å². The smallest absolute Gasteiger partial charge is 0.00314 e. The first-order valence-corrected chi connectivity index (χ1v) is 7.92. The second-order valence-corrected chi connectivity index (χ2v) is 5.27. The predicted molar refractivity (Wildman–Crippen MR) is 90.9 cm³/mol. The monoisotopic (exact) mass is 268 g/mol. The Balaban J connectivity index is 3.04. The summed E-state index contributed by atoms with van der Waals surface area (Å²) in [5.74, 6) is 0. The average molecular weight is 268 g/mol. The number of unbranched alkanes of at least 4 members (excludes halogenated alkanes) is 1. The van der Waals surface area contributed by atoms with E-state index in [0.717, 1.165) is 19.3 Å². The quantitative estimate of drug-likeness (QED) is 0.392. The van der Waals surface area contributed by atoms with Crippen molar-refractivity contribution in [3.63, 3.8) is 0 Å². The fraction of sp³-hybridized carbons (Fsp3) is 0.450. The van der Waals surface area contributed by atoms with Gasteiger partial charge in [0.15, 0.2) is 0 Å². The molecule has 0 amide bonds. The van der Waals surface area contributed by atoms with Crippen LogP contribution in [-0.2, 0) is 0 Å². The summed E-state index contributed by atoms with van der Waals surface area (Å²) in [7, 11) is 0. The Morgan fingerprint density at radius 3 is 2.35 bits per heavy atom. The second kappa shape index (κ2) is 9.39. The van der Waals surface area contributed by atoms with Crippen molar-refractivity contribution in [3.05, 3.63) is 58.3 Å². The number of benzene rings is 1. The van der Waals surface area contributed by atoms with Gasteiger partial charge in [-0.3, -0.25) is 0 Å². The molecule has 0 heterocycles. The molecule has 0 saturated heterocycles. The number of aryl methyl sites for hydroxylation is 1. The van der Waals surface area contributed by atoms with Gasteiger partial charge in [-0.15, -0.1) is 5.73 Å². The van der Waals surface area contributed by atoms with Gasteiger partial charge >= 0.3 is 0 Å². The molecule has 1 rings (SSSR count). The first kappa shape index (κ1) is 16.5. The molecule has 0 bridgehead atoms. The minimum Gasteiger partial charge on any atom is -0.116 e. The van der Waals surface area contributed by atoms with Crippen molar-refractivity contribution in [2.45, 2.75) is 59.8 Å². The lowest BCUT2D eigenvalue weighted by atomic mass is 9.97. The molecule has 0 saturated carbocycles. The van der Waals surface area contributed by atoms with Crippen LogP contribution in [0.4, 0.5) is 0 Å². The lowest BCUT2D eigenvalue weighted by Gasteiger charge is -2.07. The summed E-state index contributed by atoms with van der Waals surface area (Å²) in [4.78, 5) is 0. The molecule has 0 heteroatoms. The van der Waals surface area contributed by atoms with Crippen LogP contribution in [0.3, 0.4) is 0 Å². The van der Waals surface area contributed by atoms with E-state index in [1.807, 2.05) is 0 Å². The Labute approximate surface area is 124 Å². The molecule has 1 aromatic carbocycles. The zero-order chi connectivity index (χ0) is 14.8. The largest absolute Gasteiger partial charge is 0.116 e. The summed E-state index contributed by atoms with van der Waals surface area (Å²) in [5.41, 5.74) is 8.93. The van der Waals surface area contributed by atoms with E-state index in [0.29, 0.717) is 0 Å². The van der Waals surface area contributed by atoms with Gasteiger partial charge in [-0.05, 0) is 55.4 Å². The molecule has 0 unspecified atom stereocenters. The molecule has 0 nitrogen and oxygen atoms in total. The SMILES string of the molecule is CC/C=C(\CC)C(=C=Cc1ccc(C)cc1)CCCC. The highest BCUT2D eigenvalue weighted by Crippen LogP contribution is 2.20. The Bertz CT molecular complexity index is 479. The van der Waals surface area contributed by atoms with Gasteiger partial charge in [0.05, 0.1) is 0 Å². The van der Waals surface area contributed by atoms with Gasteiger partial charge < -0.3 is 0 Å². The first-order chi connectivity index (χ1) is 9.71. The molecule has 1 aromatic rings. The minimum atomic E-state index is 1.10. The molecular weight excluding hydrogens is 240 g/mol. The van der Waals surface area contributed by atoms with Crippen LogP contribution in [0.1, 0.15) is 64.0 Å². The van der Waals surface area contributed by atoms with E-state index in [2.05, 4.69) is 69.8 Å². The molecule has 0 aliphatic rings. The maximum Gasteiger partial charge on any atom is -0.00314 e. The zero-order valence-electron chi connectivity index (χ0n) is 13.5. The third kappa shape index (κ3) is 5.63. The fourth-order valence-electron chi connectivity index (χ4n) is 2.24. The summed E-state index contributed by atoms with van der Waals surface area (Å²) in [5, 5.41) is 0. The molecule has 0 spiro atoms. The van der Waals surface area contributed by atoms with Gasteiger partial charge in [0.1, 0.15) is 0 Å². The van der Waals surface area contributed by atoms with Crippen LogP contribution < -0.4 is 0 Å². The van der Waals surface area contributed by atoms with Crippen molar-refractivity contribution in [1.29, 1.82) is 0 Å². The third-order valence-electron chi connectivity index (χ3n) is 3.49. The number of hydrogen-bond acceptors (Lipinski definition) is 0. The maximum absolute atomic E-state index is 3.55. The highest BCUT2D eigenvalue weighted by molar-refractivity contribution is 5.51. The van der Waals surface area contributed by atoms with Gasteiger partial charge in [0.2, 0.25) is 0 Å². The molecular formula is C20H28. The van der Waals surface area contributed by atoms with E-state index in [-0.39, 0.29) is 0 Å². The lowest BCUT2D eigenvalue weighted by molar-refractivity contribution is 0.785. The number of allylic oxidation sites excluding steroid dienone is 3. The standard InChI is InChI=1S/C20H28/c1-5-8-10-20(19(7-3)9-6-2)16-15-18-13-11-17(4)12-14-18/h9,11-15H,5-8,10H2,1-4H3/b19-9+. The van der Waals surface area contributed by atoms with Crippen LogP contribution in [-0.4, -0.2) is 0 Å². The normalized spacial score (nSPS) is 11.1. The predicted octanol–water partition coefficient (Wildman–Crippen LogP) is 6.47. The summed E-state index contributed by atoms with van der Waals surface area (Å²) in [6.45, 7) is 8.81. The number of hydrogen-bond donors (Lipinski definition) is 0. The zero-order valence-corrected chi connectivity index (χ0v) is 13.5. The summed E-state index contributed by atoms with van der Waals surface area (Å²) in [6.07, 6.45) is 10.3. The van der Waals surface area contributed by atoms with E-state index in [4.69, 9.17) is 0 Å². The summed E-state index contributed by atoms with van der Waals surface area (Å²) < 4.78 is 0. The molecule has 0 fully saturated rings. The molecule has 0 radical (unpaired) electrons. The topological polar surface area (TPSA) is 0 Å². The van der Waals surface area contributed by atoms with Crippen LogP contribution in [0.15, 0.2) is 47.2 Å².